The predicted molar refractivity (Wildman–Crippen MR) is 141 cm³/mol. The van der Waals surface area contributed by atoms with Gasteiger partial charge in [-0.05, 0) is 68.2 Å². The average molecular weight is 532 g/mol. The van der Waals surface area contributed by atoms with Gasteiger partial charge in [0.15, 0.2) is 5.78 Å². The van der Waals surface area contributed by atoms with E-state index in [1.54, 1.807) is 36.4 Å². The standard InChI is InChI=1S/C30H30FN3O5/c1-4-30(39)18-11-22-26-17(13-34(22)27(36)16(18)6-8-23(30)35)25-21(33(3)28(37)29(38)9-10-29)7-5-15-14(2)19(31)12-20(32-26)24(15)25/h11-12,21,38-39H,4-10,13H2,1-3H3/t21-,30-/m0/s1. The summed E-state index contributed by atoms with van der Waals surface area (Å²) in [5, 5.41) is 22.7. The number of fused-ring (bicyclic) bond motifs is 5. The van der Waals surface area contributed by atoms with Crippen molar-refractivity contribution in [3.8, 4) is 11.4 Å². The molecule has 4 aliphatic rings. The quantitative estimate of drug-likeness (QED) is 0.420. The monoisotopic (exact) mass is 531 g/mol. The Balaban J connectivity index is 1.51. The van der Waals surface area contributed by atoms with Gasteiger partial charge in [0.1, 0.15) is 17.0 Å². The van der Waals surface area contributed by atoms with Crippen LogP contribution < -0.4 is 5.56 Å². The second-order valence-corrected chi connectivity index (χ2v) is 11.7. The van der Waals surface area contributed by atoms with Gasteiger partial charge in [0, 0.05) is 41.6 Å². The number of benzene rings is 1. The van der Waals surface area contributed by atoms with E-state index in [0.717, 1.165) is 22.1 Å². The third-order valence-electron chi connectivity index (χ3n) is 9.64. The highest BCUT2D eigenvalue weighted by Crippen LogP contribution is 2.48. The number of Topliss-reactive ketones (excluding diaryl/α,β-unsaturated/α-hetero) is 1. The zero-order chi connectivity index (χ0) is 27.6. The number of rotatable bonds is 3. The Bertz CT molecular complexity index is 1720. The van der Waals surface area contributed by atoms with E-state index in [4.69, 9.17) is 4.98 Å². The number of pyridine rings is 2. The van der Waals surface area contributed by atoms with Gasteiger partial charge in [-0.3, -0.25) is 14.4 Å². The summed E-state index contributed by atoms with van der Waals surface area (Å²) in [6.45, 7) is 3.70. The van der Waals surface area contributed by atoms with E-state index in [0.29, 0.717) is 59.3 Å². The molecule has 0 radical (unpaired) electrons. The molecule has 0 spiro atoms. The number of amides is 1. The van der Waals surface area contributed by atoms with Crippen molar-refractivity contribution < 1.29 is 24.2 Å². The SMILES string of the molecule is CC[C@@]1(O)C(=O)CCc2c1cc1n(c2=O)Cc2c-1nc1cc(F)c(C)c3c1c2[C@@H](N(C)C(=O)C1(O)CC1)CC3. The van der Waals surface area contributed by atoms with Gasteiger partial charge in [-0.1, -0.05) is 6.92 Å². The molecule has 39 heavy (non-hydrogen) atoms. The van der Waals surface area contributed by atoms with E-state index < -0.39 is 11.2 Å². The van der Waals surface area contributed by atoms with Crippen molar-refractivity contribution in [3.05, 3.63) is 61.7 Å². The molecule has 8 nitrogen and oxygen atoms in total. The molecule has 3 aromatic rings. The molecule has 1 amide bonds. The topological polar surface area (TPSA) is 113 Å². The number of halogens is 1. The van der Waals surface area contributed by atoms with E-state index in [1.807, 2.05) is 0 Å². The Labute approximate surface area is 224 Å². The minimum absolute atomic E-state index is 0.103. The highest BCUT2D eigenvalue weighted by Gasteiger charge is 2.51. The van der Waals surface area contributed by atoms with Crippen molar-refractivity contribution >= 4 is 22.6 Å². The maximum atomic E-state index is 15.1. The molecule has 9 heteroatoms. The van der Waals surface area contributed by atoms with Gasteiger partial charge < -0.3 is 19.7 Å². The van der Waals surface area contributed by atoms with Crippen molar-refractivity contribution in [2.24, 2.45) is 0 Å². The Morgan fingerprint density at radius 3 is 2.59 bits per heavy atom. The summed E-state index contributed by atoms with van der Waals surface area (Å²) < 4.78 is 16.7. The van der Waals surface area contributed by atoms with E-state index in [9.17, 15) is 24.6 Å². The number of aliphatic hydroxyl groups is 2. The lowest BCUT2D eigenvalue weighted by atomic mass is 9.77. The first-order chi connectivity index (χ1) is 18.5. The van der Waals surface area contributed by atoms with Crippen LogP contribution in [0.1, 0.15) is 78.5 Å². The first-order valence-corrected chi connectivity index (χ1v) is 13.7. The molecular weight excluding hydrogens is 501 g/mol. The molecule has 1 aliphatic heterocycles. The Kier molecular flexibility index (Phi) is 4.93. The lowest BCUT2D eigenvalue weighted by Crippen LogP contribution is -2.43. The zero-order valence-electron chi connectivity index (χ0n) is 22.2. The fourth-order valence-corrected chi connectivity index (χ4v) is 7.10. The summed E-state index contributed by atoms with van der Waals surface area (Å²) in [4.78, 5) is 46.3. The fraction of sp³-hybridized carbons (Fsp3) is 0.467. The molecule has 1 aromatic carbocycles. The predicted octanol–water partition coefficient (Wildman–Crippen LogP) is 2.96. The van der Waals surface area contributed by atoms with E-state index in [2.05, 4.69) is 0 Å². The Hall–Kier alpha value is -3.43. The van der Waals surface area contributed by atoms with Crippen molar-refractivity contribution in [1.29, 1.82) is 0 Å². The largest absolute Gasteiger partial charge is 0.380 e. The van der Waals surface area contributed by atoms with Crippen molar-refractivity contribution in [2.75, 3.05) is 7.05 Å². The molecule has 0 unspecified atom stereocenters. The molecule has 0 saturated heterocycles. The molecule has 0 bridgehead atoms. The van der Waals surface area contributed by atoms with Gasteiger partial charge in [-0.25, -0.2) is 9.37 Å². The fourth-order valence-electron chi connectivity index (χ4n) is 7.10. The molecule has 2 N–H and O–H groups in total. The van der Waals surface area contributed by atoms with Crippen LogP contribution in [0.2, 0.25) is 0 Å². The Morgan fingerprint density at radius 1 is 1.15 bits per heavy atom. The molecule has 2 atom stereocenters. The number of ketones is 1. The number of nitrogens with zero attached hydrogens (tertiary/aromatic N) is 3. The van der Waals surface area contributed by atoms with Crippen LogP contribution in [-0.2, 0) is 34.6 Å². The number of hydrogen-bond acceptors (Lipinski definition) is 6. The van der Waals surface area contributed by atoms with E-state index in [1.165, 1.54) is 6.07 Å². The first kappa shape index (κ1) is 24.6. The van der Waals surface area contributed by atoms with Crippen LogP contribution in [0.15, 0.2) is 16.9 Å². The molecule has 3 heterocycles. The highest BCUT2D eigenvalue weighted by molar-refractivity contribution is 5.95. The van der Waals surface area contributed by atoms with E-state index >= 15 is 4.39 Å². The highest BCUT2D eigenvalue weighted by atomic mass is 19.1. The van der Waals surface area contributed by atoms with Crippen LogP contribution in [0.25, 0.3) is 22.3 Å². The molecular formula is C30H30FN3O5. The number of aryl methyl sites for hydroxylation is 1. The number of carbonyl (C=O) groups is 2. The normalized spacial score (nSPS) is 23.8. The van der Waals surface area contributed by atoms with Gasteiger partial charge in [0.2, 0.25) is 0 Å². The third-order valence-corrected chi connectivity index (χ3v) is 9.64. The molecule has 1 fully saturated rings. The smallest absolute Gasteiger partial charge is 0.254 e. The van der Waals surface area contributed by atoms with Crippen LogP contribution in [-0.4, -0.2) is 49.0 Å². The summed E-state index contributed by atoms with van der Waals surface area (Å²) in [6.07, 6.45) is 2.48. The van der Waals surface area contributed by atoms with Crippen LogP contribution in [0, 0.1) is 12.7 Å². The molecule has 3 aliphatic carbocycles. The summed E-state index contributed by atoms with van der Waals surface area (Å²) in [5.74, 6) is -0.997. The van der Waals surface area contributed by atoms with Crippen LogP contribution in [0.3, 0.4) is 0 Å². The number of aromatic nitrogens is 2. The molecule has 202 valence electrons. The van der Waals surface area contributed by atoms with Gasteiger partial charge >= 0.3 is 0 Å². The number of carbonyl (C=O) groups excluding carboxylic acids is 2. The minimum atomic E-state index is -1.73. The maximum absolute atomic E-state index is 15.1. The van der Waals surface area contributed by atoms with Crippen molar-refractivity contribution in [2.45, 2.75) is 82.6 Å². The lowest BCUT2D eigenvalue weighted by Gasteiger charge is -2.36. The van der Waals surface area contributed by atoms with Crippen molar-refractivity contribution in [3.63, 3.8) is 0 Å². The second kappa shape index (κ2) is 7.82. The van der Waals surface area contributed by atoms with Crippen LogP contribution in [0.5, 0.6) is 0 Å². The lowest BCUT2D eigenvalue weighted by molar-refractivity contribution is -0.143. The summed E-state index contributed by atoms with van der Waals surface area (Å²) in [5.41, 5.74) is 1.89. The summed E-state index contributed by atoms with van der Waals surface area (Å²) in [7, 11) is 1.70. The first-order valence-electron chi connectivity index (χ1n) is 13.7. The second-order valence-electron chi connectivity index (χ2n) is 11.7. The minimum Gasteiger partial charge on any atom is -0.380 e. The number of likely N-dealkylation sites (N-methyl/N-ethyl adjacent to an activating group) is 1. The van der Waals surface area contributed by atoms with Gasteiger partial charge in [0.05, 0.1) is 29.5 Å². The van der Waals surface area contributed by atoms with Gasteiger partial charge in [-0.2, -0.15) is 0 Å². The van der Waals surface area contributed by atoms with Gasteiger partial charge in [0.25, 0.3) is 11.5 Å². The molecule has 7 rings (SSSR count). The van der Waals surface area contributed by atoms with Crippen LogP contribution in [0.4, 0.5) is 4.39 Å². The zero-order valence-corrected chi connectivity index (χ0v) is 22.2. The summed E-state index contributed by atoms with van der Waals surface area (Å²) in [6, 6.07) is 2.73. The summed E-state index contributed by atoms with van der Waals surface area (Å²) >= 11 is 0. The average Bonchev–Trinajstić information content (AvgIpc) is 3.57. The van der Waals surface area contributed by atoms with Gasteiger partial charge in [-0.15, -0.1) is 0 Å². The van der Waals surface area contributed by atoms with Crippen LogP contribution >= 0.6 is 0 Å². The Morgan fingerprint density at radius 2 is 1.90 bits per heavy atom. The molecule has 1 saturated carbocycles. The molecule has 2 aromatic heterocycles. The number of hydrogen-bond donors (Lipinski definition) is 2. The van der Waals surface area contributed by atoms with E-state index in [-0.39, 0.29) is 54.9 Å². The third kappa shape index (κ3) is 3.11. The van der Waals surface area contributed by atoms with Crippen molar-refractivity contribution in [1.82, 2.24) is 14.5 Å². The maximum Gasteiger partial charge on any atom is 0.254 e.